The van der Waals surface area contributed by atoms with Crippen LogP contribution in [0.1, 0.15) is 5.56 Å². The average Bonchev–Trinajstić information content (AvgIpc) is 2.59. The quantitative estimate of drug-likeness (QED) is 0.737. The molecule has 24 heavy (non-hydrogen) atoms. The number of rotatable bonds is 6. The van der Waals surface area contributed by atoms with Crippen LogP contribution in [0.4, 0.5) is 14.7 Å². The minimum atomic E-state index is -0.326. The van der Waals surface area contributed by atoms with Crippen molar-refractivity contribution in [1.29, 1.82) is 0 Å². The zero-order valence-corrected chi connectivity index (χ0v) is 12.7. The number of hydrogen-bond donors (Lipinski definition) is 1. The SMILES string of the molecule is Fc1ccc(CCNc2nccc(Oc3ccc(F)cc3)n2)cc1. The first kappa shape index (κ1) is 15.9. The van der Waals surface area contributed by atoms with Crippen LogP contribution in [0.3, 0.4) is 0 Å². The summed E-state index contributed by atoms with van der Waals surface area (Å²) in [5.41, 5.74) is 1.02. The summed E-state index contributed by atoms with van der Waals surface area (Å²) >= 11 is 0. The Morgan fingerprint density at radius 2 is 1.54 bits per heavy atom. The van der Waals surface area contributed by atoms with Gasteiger partial charge < -0.3 is 10.1 Å². The number of benzene rings is 2. The number of aromatic nitrogens is 2. The van der Waals surface area contributed by atoms with Crippen LogP contribution in [0.15, 0.2) is 60.8 Å². The van der Waals surface area contributed by atoms with Gasteiger partial charge in [0.1, 0.15) is 17.4 Å². The minimum absolute atomic E-state index is 0.249. The predicted molar refractivity (Wildman–Crippen MR) is 87.1 cm³/mol. The van der Waals surface area contributed by atoms with E-state index in [1.54, 1.807) is 24.4 Å². The number of nitrogens with zero attached hydrogens (tertiary/aromatic N) is 2. The maximum Gasteiger partial charge on any atom is 0.225 e. The van der Waals surface area contributed by atoms with Gasteiger partial charge >= 0.3 is 0 Å². The molecule has 1 heterocycles. The van der Waals surface area contributed by atoms with Crippen LogP contribution in [0.25, 0.3) is 0 Å². The van der Waals surface area contributed by atoms with E-state index in [0.29, 0.717) is 30.5 Å². The Balaban J connectivity index is 1.56. The topological polar surface area (TPSA) is 47.0 Å². The van der Waals surface area contributed by atoms with Crippen LogP contribution in [0, 0.1) is 11.6 Å². The van der Waals surface area contributed by atoms with Crippen LogP contribution in [0.2, 0.25) is 0 Å². The number of anilines is 1. The van der Waals surface area contributed by atoms with E-state index in [2.05, 4.69) is 15.3 Å². The van der Waals surface area contributed by atoms with E-state index in [-0.39, 0.29) is 11.6 Å². The van der Waals surface area contributed by atoms with E-state index >= 15 is 0 Å². The molecule has 0 amide bonds. The third-order valence-electron chi connectivity index (χ3n) is 3.28. The lowest BCUT2D eigenvalue weighted by Crippen LogP contribution is -2.08. The highest BCUT2D eigenvalue weighted by atomic mass is 19.1. The highest BCUT2D eigenvalue weighted by Crippen LogP contribution is 2.19. The van der Waals surface area contributed by atoms with Crippen LogP contribution >= 0.6 is 0 Å². The van der Waals surface area contributed by atoms with Gasteiger partial charge in [-0.3, -0.25) is 0 Å². The first-order valence-electron chi connectivity index (χ1n) is 7.44. The van der Waals surface area contributed by atoms with Crippen LogP contribution in [-0.2, 0) is 6.42 Å². The van der Waals surface area contributed by atoms with Gasteiger partial charge in [-0.1, -0.05) is 12.1 Å². The molecular formula is C18H15F2N3O. The van der Waals surface area contributed by atoms with Gasteiger partial charge in [0.25, 0.3) is 0 Å². The largest absolute Gasteiger partial charge is 0.439 e. The summed E-state index contributed by atoms with van der Waals surface area (Å²) in [5, 5.41) is 3.09. The van der Waals surface area contributed by atoms with E-state index in [4.69, 9.17) is 4.74 Å². The number of ether oxygens (including phenoxy) is 1. The summed E-state index contributed by atoms with van der Waals surface area (Å²) in [6, 6.07) is 13.7. The first-order chi connectivity index (χ1) is 11.7. The van der Waals surface area contributed by atoms with Crippen molar-refractivity contribution < 1.29 is 13.5 Å². The standard InChI is InChI=1S/C18H15F2N3O/c19-14-3-1-13(2-4-14)9-11-21-18-22-12-10-17(23-18)24-16-7-5-15(20)6-8-16/h1-8,10,12H,9,11H2,(H,21,22,23). The number of nitrogens with one attached hydrogen (secondary N) is 1. The summed E-state index contributed by atoms with van der Waals surface area (Å²) in [7, 11) is 0. The van der Waals surface area contributed by atoms with Crippen molar-refractivity contribution in [3.63, 3.8) is 0 Å². The lowest BCUT2D eigenvalue weighted by Gasteiger charge is -2.08. The van der Waals surface area contributed by atoms with Crippen molar-refractivity contribution in [2.75, 3.05) is 11.9 Å². The zero-order chi connectivity index (χ0) is 16.8. The van der Waals surface area contributed by atoms with Crippen LogP contribution in [-0.4, -0.2) is 16.5 Å². The molecule has 0 saturated heterocycles. The Hall–Kier alpha value is -3.02. The molecule has 0 atom stereocenters. The molecule has 122 valence electrons. The lowest BCUT2D eigenvalue weighted by molar-refractivity contribution is 0.460. The maximum absolute atomic E-state index is 12.9. The fourth-order valence-electron chi connectivity index (χ4n) is 2.08. The third-order valence-corrected chi connectivity index (χ3v) is 3.28. The molecule has 6 heteroatoms. The summed E-state index contributed by atoms with van der Waals surface area (Å²) in [5.74, 6) is 0.707. The number of hydrogen-bond acceptors (Lipinski definition) is 4. The Morgan fingerprint density at radius 3 is 2.25 bits per heavy atom. The Labute approximate surface area is 138 Å². The molecule has 0 saturated carbocycles. The van der Waals surface area contributed by atoms with E-state index in [1.165, 1.54) is 36.4 Å². The number of halogens is 2. The zero-order valence-electron chi connectivity index (χ0n) is 12.7. The van der Waals surface area contributed by atoms with Crippen LogP contribution in [0.5, 0.6) is 11.6 Å². The van der Waals surface area contributed by atoms with Crippen molar-refractivity contribution >= 4 is 5.95 Å². The molecule has 0 radical (unpaired) electrons. The Kier molecular flexibility index (Phi) is 4.96. The summed E-state index contributed by atoms with van der Waals surface area (Å²) in [6.45, 7) is 0.603. The highest BCUT2D eigenvalue weighted by Gasteiger charge is 2.02. The molecule has 1 aromatic heterocycles. The summed E-state index contributed by atoms with van der Waals surface area (Å²) < 4.78 is 31.3. The fourth-order valence-corrected chi connectivity index (χ4v) is 2.08. The van der Waals surface area contributed by atoms with Crippen molar-refractivity contribution in [1.82, 2.24) is 9.97 Å². The summed E-state index contributed by atoms with van der Waals surface area (Å²) in [4.78, 5) is 8.36. The predicted octanol–water partition coefficient (Wildman–Crippen LogP) is 4.20. The lowest BCUT2D eigenvalue weighted by atomic mass is 10.1. The molecule has 3 aromatic rings. The van der Waals surface area contributed by atoms with Gasteiger partial charge in [0.05, 0.1) is 0 Å². The van der Waals surface area contributed by atoms with Crippen molar-refractivity contribution in [3.05, 3.63) is 78.0 Å². The second-order valence-corrected chi connectivity index (χ2v) is 5.08. The molecule has 0 aliphatic heterocycles. The van der Waals surface area contributed by atoms with Crippen molar-refractivity contribution in [3.8, 4) is 11.6 Å². The minimum Gasteiger partial charge on any atom is -0.439 e. The van der Waals surface area contributed by atoms with Gasteiger partial charge in [0, 0.05) is 18.8 Å². The van der Waals surface area contributed by atoms with Gasteiger partial charge in [0.2, 0.25) is 11.8 Å². The van der Waals surface area contributed by atoms with Gasteiger partial charge in [-0.2, -0.15) is 4.98 Å². The van der Waals surface area contributed by atoms with Gasteiger partial charge in [-0.05, 0) is 48.4 Å². The second kappa shape index (κ2) is 7.50. The highest BCUT2D eigenvalue weighted by molar-refractivity contribution is 5.32. The molecule has 0 spiro atoms. The molecule has 0 aliphatic rings. The van der Waals surface area contributed by atoms with Crippen molar-refractivity contribution in [2.45, 2.75) is 6.42 Å². The van der Waals surface area contributed by atoms with Crippen molar-refractivity contribution in [2.24, 2.45) is 0 Å². The molecule has 0 unspecified atom stereocenters. The Morgan fingerprint density at radius 1 is 0.875 bits per heavy atom. The second-order valence-electron chi connectivity index (χ2n) is 5.08. The fraction of sp³-hybridized carbons (Fsp3) is 0.111. The normalized spacial score (nSPS) is 10.4. The summed E-state index contributed by atoms with van der Waals surface area (Å²) in [6.07, 6.45) is 2.29. The first-order valence-corrected chi connectivity index (χ1v) is 7.44. The molecule has 2 aromatic carbocycles. The average molecular weight is 327 g/mol. The maximum atomic E-state index is 12.9. The van der Waals surface area contributed by atoms with Gasteiger partial charge in [-0.15, -0.1) is 0 Å². The van der Waals surface area contributed by atoms with E-state index in [1.807, 2.05) is 0 Å². The van der Waals surface area contributed by atoms with Gasteiger partial charge in [0.15, 0.2) is 0 Å². The molecule has 3 rings (SSSR count). The smallest absolute Gasteiger partial charge is 0.225 e. The van der Waals surface area contributed by atoms with E-state index in [9.17, 15) is 8.78 Å². The monoisotopic (exact) mass is 327 g/mol. The molecule has 0 aliphatic carbocycles. The molecule has 4 nitrogen and oxygen atoms in total. The molecular weight excluding hydrogens is 312 g/mol. The van der Waals surface area contributed by atoms with E-state index < -0.39 is 0 Å². The Bertz CT molecular complexity index is 792. The third kappa shape index (κ3) is 4.49. The molecule has 0 bridgehead atoms. The van der Waals surface area contributed by atoms with Gasteiger partial charge in [-0.25, -0.2) is 13.8 Å². The van der Waals surface area contributed by atoms with Crippen LogP contribution < -0.4 is 10.1 Å². The molecule has 0 fully saturated rings. The van der Waals surface area contributed by atoms with E-state index in [0.717, 1.165) is 5.56 Å². The molecule has 1 N–H and O–H groups in total.